The van der Waals surface area contributed by atoms with Gasteiger partial charge < -0.3 is 9.30 Å². The largest absolute Gasteiger partial charge is 0.495 e. The Balaban J connectivity index is 2.16. The van der Waals surface area contributed by atoms with Crippen LogP contribution in [0.3, 0.4) is 0 Å². The highest BCUT2D eigenvalue weighted by Crippen LogP contribution is 2.32. The molecule has 146 valence electrons. The van der Waals surface area contributed by atoms with E-state index in [9.17, 15) is 19.8 Å². The van der Waals surface area contributed by atoms with E-state index in [1.807, 2.05) is 24.5 Å². The Kier molecular flexibility index (Phi) is 5.46. The molecular formula is C22H18FN3O3. The summed E-state index contributed by atoms with van der Waals surface area (Å²) in [6, 6.07) is 14.2. The third-order valence-corrected chi connectivity index (χ3v) is 4.64. The average Bonchev–Trinajstić information content (AvgIpc) is 2.98. The maximum Gasteiger partial charge on any atom is 0.271 e. The first-order valence-corrected chi connectivity index (χ1v) is 8.75. The minimum Gasteiger partial charge on any atom is -0.495 e. The van der Waals surface area contributed by atoms with Crippen molar-refractivity contribution in [1.82, 2.24) is 4.57 Å². The lowest BCUT2D eigenvalue weighted by Gasteiger charge is -2.14. The van der Waals surface area contributed by atoms with Gasteiger partial charge in [-0.3, -0.25) is 10.1 Å². The molecule has 0 saturated heterocycles. The van der Waals surface area contributed by atoms with Crippen molar-refractivity contribution in [3.05, 3.63) is 87.0 Å². The van der Waals surface area contributed by atoms with E-state index in [0.717, 1.165) is 17.0 Å². The van der Waals surface area contributed by atoms with Gasteiger partial charge in [0.15, 0.2) is 0 Å². The summed E-state index contributed by atoms with van der Waals surface area (Å²) in [5, 5.41) is 20.8. The standard InChI is InChI=1S/C22H18FN3O3/c1-14-9-17(10-18(13-24)16-5-4-6-19(23)11-16)15(2)25(14)21-12-20(26(27)28)7-8-22(21)29-3/h4-12H,1-3H3/b18-10-. The van der Waals surface area contributed by atoms with Crippen LogP contribution in [0.15, 0.2) is 48.5 Å². The molecule has 0 fully saturated rings. The van der Waals surface area contributed by atoms with Gasteiger partial charge in [-0.25, -0.2) is 4.39 Å². The molecule has 0 aliphatic heterocycles. The van der Waals surface area contributed by atoms with E-state index >= 15 is 0 Å². The number of non-ortho nitro benzene ring substituents is 1. The normalized spacial score (nSPS) is 11.2. The van der Waals surface area contributed by atoms with E-state index in [1.54, 1.807) is 24.3 Å². The van der Waals surface area contributed by atoms with Gasteiger partial charge in [0.05, 0.1) is 29.4 Å². The molecule has 0 aliphatic rings. The number of hydrogen-bond donors (Lipinski definition) is 0. The van der Waals surface area contributed by atoms with E-state index in [-0.39, 0.29) is 5.69 Å². The third-order valence-electron chi connectivity index (χ3n) is 4.64. The van der Waals surface area contributed by atoms with Crippen molar-refractivity contribution in [2.75, 3.05) is 7.11 Å². The second-order valence-corrected chi connectivity index (χ2v) is 6.46. The summed E-state index contributed by atoms with van der Waals surface area (Å²) in [5.74, 6) is 0.0639. The quantitative estimate of drug-likeness (QED) is 0.339. The molecule has 1 heterocycles. The summed E-state index contributed by atoms with van der Waals surface area (Å²) in [7, 11) is 1.50. The molecule has 6 nitrogen and oxygen atoms in total. The molecule has 0 unspecified atom stereocenters. The first-order valence-electron chi connectivity index (χ1n) is 8.75. The van der Waals surface area contributed by atoms with E-state index in [0.29, 0.717) is 22.6 Å². The van der Waals surface area contributed by atoms with Crippen LogP contribution in [-0.4, -0.2) is 16.6 Å². The molecule has 0 saturated carbocycles. The molecule has 3 rings (SSSR count). The number of hydrogen-bond acceptors (Lipinski definition) is 4. The predicted octanol–water partition coefficient (Wildman–Crippen LogP) is 5.21. The van der Waals surface area contributed by atoms with Gasteiger partial charge in [0, 0.05) is 23.5 Å². The molecule has 0 N–H and O–H groups in total. The van der Waals surface area contributed by atoms with Crippen LogP contribution in [0.1, 0.15) is 22.5 Å². The molecule has 0 bridgehead atoms. The molecule has 29 heavy (non-hydrogen) atoms. The summed E-state index contributed by atoms with van der Waals surface area (Å²) in [6.45, 7) is 3.70. The SMILES string of the molecule is COc1ccc([N+](=O)[O-])cc1-n1c(C)cc(/C=C(/C#N)c2cccc(F)c2)c1C. The topological polar surface area (TPSA) is 81.1 Å². The fourth-order valence-electron chi connectivity index (χ4n) is 3.26. The molecule has 0 spiro atoms. The number of benzene rings is 2. The third kappa shape index (κ3) is 3.87. The maximum atomic E-state index is 13.5. The van der Waals surface area contributed by atoms with E-state index in [2.05, 4.69) is 6.07 Å². The van der Waals surface area contributed by atoms with Gasteiger partial charge in [-0.05, 0) is 55.3 Å². The Hall–Kier alpha value is -3.92. The second kappa shape index (κ2) is 7.98. The van der Waals surface area contributed by atoms with Gasteiger partial charge in [0.25, 0.3) is 5.69 Å². The summed E-state index contributed by atoms with van der Waals surface area (Å²) in [5.41, 5.74) is 3.59. The van der Waals surface area contributed by atoms with Crippen molar-refractivity contribution in [2.45, 2.75) is 13.8 Å². The van der Waals surface area contributed by atoms with Crippen molar-refractivity contribution < 1.29 is 14.1 Å². The Morgan fingerprint density at radius 2 is 2.00 bits per heavy atom. The smallest absolute Gasteiger partial charge is 0.271 e. The van der Waals surface area contributed by atoms with Gasteiger partial charge in [-0.2, -0.15) is 5.26 Å². The lowest BCUT2D eigenvalue weighted by molar-refractivity contribution is -0.384. The molecule has 1 aromatic heterocycles. The average molecular weight is 391 g/mol. The number of rotatable bonds is 5. The molecular weight excluding hydrogens is 373 g/mol. The van der Waals surface area contributed by atoms with Gasteiger partial charge in [0.1, 0.15) is 11.6 Å². The summed E-state index contributed by atoms with van der Waals surface area (Å²) in [6.07, 6.45) is 1.68. The fourth-order valence-corrected chi connectivity index (χ4v) is 3.26. The number of halogens is 1. The first-order chi connectivity index (χ1) is 13.8. The van der Waals surface area contributed by atoms with Crippen molar-refractivity contribution >= 4 is 17.3 Å². The Labute approximate surface area is 167 Å². The number of nitro groups is 1. The van der Waals surface area contributed by atoms with Crippen LogP contribution in [0.4, 0.5) is 10.1 Å². The molecule has 3 aromatic rings. The van der Waals surface area contributed by atoms with Gasteiger partial charge in [-0.1, -0.05) is 12.1 Å². The first kappa shape index (κ1) is 19.8. The number of aryl methyl sites for hydroxylation is 1. The maximum absolute atomic E-state index is 13.5. The van der Waals surface area contributed by atoms with E-state index < -0.39 is 10.7 Å². The molecule has 0 aliphatic carbocycles. The number of aromatic nitrogens is 1. The Morgan fingerprint density at radius 3 is 2.62 bits per heavy atom. The minimum atomic E-state index is -0.463. The monoisotopic (exact) mass is 391 g/mol. The highest BCUT2D eigenvalue weighted by atomic mass is 19.1. The fraction of sp³-hybridized carbons (Fsp3) is 0.136. The van der Waals surface area contributed by atoms with Gasteiger partial charge in [0.2, 0.25) is 0 Å². The van der Waals surface area contributed by atoms with Crippen LogP contribution < -0.4 is 4.74 Å². The van der Waals surface area contributed by atoms with Crippen LogP contribution in [0.2, 0.25) is 0 Å². The van der Waals surface area contributed by atoms with E-state index in [1.165, 1.54) is 31.4 Å². The molecule has 0 atom stereocenters. The lowest BCUT2D eigenvalue weighted by Crippen LogP contribution is -2.03. The highest BCUT2D eigenvalue weighted by molar-refractivity contribution is 5.90. The van der Waals surface area contributed by atoms with Crippen molar-refractivity contribution in [1.29, 1.82) is 5.26 Å². The highest BCUT2D eigenvalue weighted by Gasteiger charge is 2.18. The summed E-state index contributed by atoms with van der Waals surface area (Å²) < 4.78 is 20.8. The predicted molar refractivity (Wildman–Crippen MR) is 108 cm³/mol. The molecule has 0 amide bonds. The number of nitriles is 1. The van der Waals surface area contributed by atoms with Gasteiger partial charge >= 0.3 is 0 Å². The Morgan fingerprint density at radius 1 is 1.24 bits per heavy atom. The minimum absolute atomic E-state index is 0.0529. The van der Waals surface area contributed by atoms with Crippen LogP contribution in [-0.2, 0) is 0 Å². The van der Waals surface area contributed by atoms with Crippen LogP contribution in [0.5, 0.6) is 5.75 Å². The lowest BCUT2D eigenvalue weighted by atomic mass is 10.0. The zero-order valence-corrected chi connectivity index (χ0v) is 16.1. The Bertz CT molecular complexity index is 1170. The number of nitrogens with zero attached hydrogens (tertiary/aromatic N) is 3. The van der Waals surface area contributed by atoms with Crippen molar-refractivity contribution in [3.8, 4) is 17.5 Å². The summed E-state index contributed by atoms with van der Waals surface area (Å²) in [4.78, 5) is 10.7. The van der Waals surface area contributed by atoms with Crippen LogP contribution in [0, 0.1) is 41.1 Å². The second-order valence-electron chi connectivity index (χ2n) is 6.46. The van der Waals surface area contributed by atoms with Crippen molar-refractivity contribution in [2.24, 2.45) is 0 Å². The molecule has 7 heteroatoms. The van der Waals surface area contributed by atoms with E-state index in [4.69, 9.17) is 4.74 Å². The summed E-state index contributed by atoms with van der Waals surface area (Å²) >= 11 is 0. The molecule has 0 radical (unpaired) electrons. The number of nitro benzene ring substituents is 1. The number of methoxy groups -OCH3 is 1. The zero-order valence-electron chi connectivity index (χ0n) is 16.1. The van der Waals surface area contributed by atoms with Crippen LogP contribution >= 0.6 is 0 Å². The van der Waals surface area contributed by atoms with Crippen molar-refractivity contribution in [3.63, 3.8) is 0 Å². The van der Waals surface area contributed by atoms with Crippen LogP contribution in [0.25, 0.3) is 17.3 Å². The zero-order chi connectivity index (χ0) is 21.1. The van der Waals surface area contributed by atoms with Gasteiger partial charge in [-0.15, -0.1) is 0 Å². The molecule has 2 aromatic carbocycles. The number of allylic oxidation sites excluding steroid dienone is 1. The number of ether oxygens (including phenoxy) is 1.